The quantitative estimate of drug-likeness (QED) is 0.522. The van der Waals surface area contributed by atoms with Crippen molar-refractivity contribution in [3.05, 3.63) is 68.8 Å². The number of fused-ring (bicyclic) bond motifs is 1. The molecule has 0 amide bonds. The molecule has 0 aliphatic heterocycles. The third-order valence-electron chi connectivity index (χ3n) is 3.50. The average Bonchev–Trinajstić information content (AvgIpc) is 2.89. The van der Waals surface area contributed by atoms with Gasteiger partial charge in [0.15, 0.2) is 5.58 Å². The minimum absolute atomic E-state index is 0.247. The summed E-state index contributed by atoms with van der Waals surface area (Å²) >= 11 is 9.78. The van der Waals surface area contributed by atoms with E-state index in [1.165, 1.54) is 0 Å². The topological polar surface area (TPSA) is 51.2 Å². The van der Waals surface area contributed by atoms with Crippen molar-refractivity contribution < 1.29 is 4.42 Å². The monoisotopic (exact) mass is 364 g/mol. The van der Waals surface area contributed by atoms with E-state index in [4.69, 9.17) is 21.9 Å². The van der Waals surface area contributed by atoms with Crippen molar-refractivity contribution in [1.29, 1.82) is 0 Å². The number of nitrogens with two attached hydrogens (primary N) is 1. The largest absolute Gasteiger partial charge is 0.457 e. The highest BCUT2D eigenvalue weighted by Crippen LogP contribution is 2.34. The van der Waals surface area contributed by atoms with Crippen molar-refractivity contribution in [2.75, 3.05) is 0 Å². The Hall–Kier alpha value is -1.33. The molecule has 1 heterocycles. The molecule has 3 N–H and O–H groups in total. The average molecular weight is 366 g/mol. The minimum Gasteiger partial charge on any atom is -0.457 e. The number of hydrogen-bond acceptors (Lipinski definition) is 3. The zero-order chi connectivity index (χ0) is 15.0. The van der Waals surface area contributed by atoms with E-state index in [0.717, 1.165) is 26.7 Å². The number of hydrogen-bond donors (Lipinski definition) is 2. The van der Waals surface area contributed by atoms with Crippen molar-refractivity contribution in [3.8, 4) is 0 Å². The molecule has 0 saturated heterocycles. The Kier molecular flexibility index (Phi) is 4.04. The summed E-state index contributed by atoms with van der Waals surface area (Å²) < 4.78 is 6.92. The van der Waals surface area contributed by atoms with Gasteiger partial charge in [-0.15, -0.1) is 0 Å². The summed E-state index contributed by atoms with van der Waals surface area (Å²) in [6.45, 7) is 2.04. The number of benzene rings is 2. The van der Waals surface area contributed by atoms with Crippen LogP contribution in [0, 0.1) is 6.92 Å². The molecule has 1 atom stereocenters. The van der Waals surface area contributed by atoms with E-state index in [9.17, 15) is 0 Å². The van der Waals surface area contributed by atoms with Gasteiger partial charge in [0.25, 0.3) is 0 Å². The molecule has 2 aromatic carbocycles. The third kappa shape index (κ3) is 2.60. The van der Waals surface area contributed by atoms with Gasteiger partial charge in [0, 0.05) is 9.86 Å². The van der Waals surface area contributed by atoms with Gasteiger partial charge in [-0.05, 0) is 30.2 Å². The van der Waals surface area contributed by atoms with Gasteiger partial charge < -0.3 is 4.42 Å². The van der Waals surface area contributed by atoms with Crippen LogP contribution in [0.3, 0.4) is 0 Å². The van der Waals surface area contributed by atoms with Crippen LogP contribution in [0.4, 0.5) is 0 Å². The van der Waals surface area contributed by atoms with E-state index < -0.39 is 0 Å². The van der Waals surface area contributed by atoms with E-state index >= 15 is 0 Å². The third-order valence-corrected chi connectivity index (χ3v) is 4.88. The summed E-state index contributed by atoms with van der Waals surface area (Å²) in [5.74, 6) is 6.48. The van der Waals surface area contributed by atoms with Crippen LogP contribution in [-0.2, 0) is 0 Å². The molecule has 1 unspecified atom stereocenters. The van der Waals surface area contributed by atoms with Crippen molar-refractivity contribution >= 4 is 38.5 Å². The zero-order valence-corrected chi connectivity index (χ0v) is 13.7. The summed E-state index contributed by atoms with van der Waals surface area (Å²) in [6, 6.07) is 13.4. The van der Waals surface area contributed by atoms with Crippen LogP contribution in [0.1, 0.15) is 22.9 Å². The molecule has 0 fully saturated rings. The van der Waals surface area contributed by atoms with Crippen molar-refractivity contribution in [2.45, 2.75) is 13.0 Å². The molecule has 0 aliphatic carbocycles. The molecule has 5 heteroatoms. The first-order valence-corrected chi connectivity index (χ1v) is 7.68. The first-order chi connectivity index (χ1) is 10.1. The fraction of sp³-hybridized carbons (Fsp3) is 0.125. The SMILES string of the molecule is Cc1cccc(C(NN)c2cc3cccc(Cl)c3o2)c1Br. The van der Waals surface area contributed by atoms with Gasteiger partial charge in [-0.2, -0.15) is 0 Å². The second-order valence-electron chi connectivity index (χ2n) is 4.88. The van der Waals surface area contributed by atoms with Gasteiger partial charge >= 0.3 is 0 Å². The Balaban J connectivity index is 2.14. The van der Waals surface area contributed by atoms with Gasteiger partial charge in [-0.25, -0.2) is 5.43 Å². The molecule has 0 aliphatic rings. The lowest BCUT2D eigenvalue weighted by Gasteiger charge is -2.16. The van der Waals surface area contributed by atoms with Crippen molar-refractivity contribution in [3.63, 3.8) is 0 Å². The van der Waals surface area contributed by atoms with E-state index in [0.29, 0.717) is 10.6 Å². The first-order valence-electron chi connectivity index (χ1n) is 6.51. The maximum Gasteiger partial charge on any atom is 0.152 e. The predicted octanol–water partition coefficient (Wildman–Crippen LogP) is 4.71. The first kappa shape index (κ1) is 14.6. The van der Waals surface area contributed by atoms with Crippen LogP contribution in [-0.4, -0.2) is 0 Å². The van der Waals surface area contributed by atoms with Crippen LogP contribution in [0.15, 0.2) is 51.4 Å². The van der Waals surface area contributed by atoms with Gasteiger partial charge in [-0.3, -0.25) is 5.84 Å². The number of para-hydroxylation sites is 1. The van der Waals surface area contributed by atoms with E-state index in [1.807, 2.05) is 49.4 Å². The van der Waals surface area contributed by atoms with Crippen molar-refractivity contribution in [2.24, 2.45) is 5.84 Å². The Labute approximate surface area is 136 Å². The molecule has 21 heavy (non-hydrogen) atoms. The Morgan fingerprint density at radius 3 is 2.71 bits per heavy atom. The van der Waals surface area contributed by atoms with Crippen LogP contribution < -0.4 is 11.3 Å². The molecule has 0 saturated carbocycles. The number of furan rings is 1. The Morgan fingerprint density at radius 2 is 2.00 bits per heavy atom. The highest BCUT2D eigenvalue weighted by molar-refractivity contribution is 9.10. The molecule has 3 aromatic rings. The molecular weight excluding hydrogens is 352 g/mol. The maximum absolute atomic E-state index is 6.17. The summed E-state index contributed by atoms with van der Waals surface area (Å²) in [6.07, 6.45) is 0. The number of nitrogens with one attached hydrogen (secondary N) is 1. The molecule has 108 valence electrons. The Bertz CT molecular complexity index is 800. The normalized spacial score (nSPS) is 12.8. The highest BCUT2D eigenvalue weighted by atomic mass is 79.9. The molecule has 0 spiro atoms. The van der Waals surface area contributed by atoms with Crippen LogP contribution >= 0.6 is 27.5 Å². The number of rotatable bonds is 3. The molecular formula is C16H14BrClN2O. The maximum atomic E-state index is 6.17. The van der Waals surface area contributed by atoms with E-state index in [1.54, 1.807) is 0 Å². The number of hydrazine groups is 1. The molecule has 3 nitrogen and oxygen atoms in total. The van der Waals surface area contributed by atoms with E-state index in [2.05, 4.69) is 21.4 Å². The van der Waals surface area contributed by atoms with Crippen LogP contribution in [0.5, 0.6) is 0 Å². The second-order valence-corrected chi connectivity index (χ2v) is 6.08. The lowest BCUT2D eigenvalue weighted by molar-refractivity contribution is 0.476. The molecule has 0 radical (unpaired) electrons. The number of halogens is 2. The molecule has 0 bridgehead atoms. The summed E-state index contributed by atoms with van der Waals surface area (Å²) in [4.78, 5) is 0. The predicted molar refractivity (Wildman–Crippen MR) is 89.3 cm³/mol. The van der Waals surface area contributed by atoms with Crippen molar-refractivity contribution in [1.82, 2.24) is 5.43 Å². The van der Waals surface area contributed by atoms with Gasteiger partial charge in [0.1, 0.15) is 11.8 Å². The second kappa shape index (κ2) is 5.81. The standard InChI is InChI=1S/C16H14BrClN2O/c1-9-4-2-6-11(14(9)17)15(20-19)13-8-10-5-3-7-12(18)16(10)21-13/h2-8,15,20H,19H2,1H3. The van der Waals surface area contributed by atoms with E-state index in [-0.39, 0.29) is 6.04 Å². The van der Waals surface area contributed by atoms with Crippen LogP contribution in [0.25, 0.3) is 11.0 Å². The molecule has 1 aromatic heterocycles. The number of aryl methyl sites for hydroxylation is 1. The fourth-order valence-electron chi connectivity index (χ4n) is 2.41. The lowest BCUT2D eigenvalue weighted by Crippen LogP contribution is -2.28. The van der Waals surface area contributed by atoms with Crippen LogP contribution in [0.2, 0.25) is 5.02 Å². The Morgan fingerprint density at radius 1 is 1.24 bits per heavy atom. The summed E-state index contributed by atoms with van der Waals surface area (Å²) in [7, 11) is 0. The highest BCUT2D eigenvalue weighted by Gasteiger charge is 2.20. The zero-order valence-electron chi connectivity index (χ0n) is 11.4. The fourth-order valence-corrected chi connectivity index (χ4v) is 3.12. The molecule has 3 rings (SSSR count). The smallest absolute Gasteiger partial charge is 0.152 e. The van der Waals surface area contributed by atoms with Gasteiger partial charge in [0.05, 0.1) is 5.02 Å². The summed E-state index contributed by atoms with van der Waals surface area (Å²) in [5.41, 5.74) is 5.66. The summed E-state index contributed by atoms with van der Waals surface area (Å²) in [5, 5.41) is 1.55. The minimum atomic E-state index is -0.247. The van der Waals surface area contributed by atoms with Gasteiger partial charge in [-0.1, -0.05) is 57.9 Å². The lowest BCUT2D eigenvalue weighted by atomic mass is 10.0. The van der Waals surface area contributed by atoms with Gasteiger partial charge in [0.2, 0.25) is 0 Å².